The van der Waals surface area contributed by atoms with E-state index in [9.17, 15) is 21.6 Å². The summed E-state index contributed by atoms with van der Waals surface area (Å²) in [7, 11) is -1.19. The van der Waals surface area contributed by atoms with Gasteiger partial charge < -0.3 is 0 Å². The Morgan fingerprint density at radius 3 is 2.52 bits per heavy atom. The van der Waals surface area contributed by atoms with Crippen LogP contribution in [0.25, 0.3) is 0 Å². The molecule has 3 unspecified atom stereocenters. The monoisotopic (exact) mass is 476 g/mol. The standard InChI is InChI=1S/C25H27F3N2O2S/c1-30-22-23(30)24(22)12-18-8-7-17(13-29-33(31,32)14-15-5-6-15)10-20(18)21(24)11-16-3-2-4-19(9-16)25(26,27)28/h2-4,7-10,15,21-23,29H,5-6,11-14H2,1H3. The van der Waals surface area contributed by atoms with Gasteiger partial charge in [0.2, 0.25) is 10.0 Å². The smallest absolute Gasteiger partial charge is 0.296 e. The maximum Gasteiger partial charge on any atom is 0.416 e. The van der Waals surface area contributed by atoms with Crippen molar-refractivity contribution < 1.29 is 21.6 Å². The highest BCUT2D eigenvalue weighted by atomic mass is 32.2. The van der Waals surface area contributed by atoms with Crippen LogP contribution in [0.15, 0.2) is 42.5 Å². The Morgan fingerprint density at radius 2 is 1.85 bits per heavy atom. The molecule has 1 heterocycles. The molecule has 8 heteroatoms. The molecule has 0 aromatic heterocycles. The van der Waals surface area contributed by atoms with Gasteiger partial charge in [0.25, 0.3) is 0 Å². The van der Waals surface area contributed by atoms with Crippen LogP contribution in [0.3, 0.4) is 0 Å². The first-order valence-corrected chi connectivity index (χ1v) is 13.2. The minimum atomic E-state index is -4.35. The fourth-order valence-electron chi connectivity index (χ4n) is 6.29. The number of rotatable bonds is 7. The molecule has 1 aliphatic heterocycles. The second kappa shape index (κ2) is 7.06. The van der Waals surface area contributed by atoms with E-state index in [1.54, 1.807) is 6.07 Å². The molecule has 2 aromatic carbocycles. The molecule has 33 heavy (non-hydrogen) atoms. The number of hydrogen-bond donors (Lipinski definition) is 1. The molecule has 1 N–H and O–H groups in total. The van der Waals surface area contributed by atoms with Crippen LogP contribution in [0.1, 0.15) is 46.6 Å². The van der Waals surface area contributed by atoms with Crippen molar-refractivity contribution >= 4 is 10.0 Å². The Bertz CT molecular complexity index is 1210. The summed E-state index contributed by atoms with van der Waals surface area (Å²) in [5.74, 6) is 0.623. The van der Waals surface area contributed by atoms with E-state index in [0.717, 1.165) is 30.9 Å². The first-order valence-electron chi connectivity index (χ1n) is 11.6. The van der Waals surface area contributed by atoms with Crippen molar-refractivity contribution in [1.82, 2.24) is 9.62 Å². The number of likely N-dealkylation sites (tertiary alicyclic amines) is 1. The number of nitrogens with zero attached hydrogens (tertiary/aromatic N) is 1. The number of fused-ring (bicyclic) bond motifs is 4. The maximum atomic E-state index is 13.3. The summed E-state index contributed by atoms with van der Waals surface area (Å²) in [6.45, 7) is 0.248. The van der Waals surface area contributed by atoms with Crippen LogP contribution in [0.5, 0.6) is 0 Å². The van der Waals surface area contributed by atoms with Gasteiger partial charge in [0.15, 0.2) is 0 Å². The topological polar surface area (TPSA) is 49.2 Å². The summed E-state index contributed by atoms with van der Waals surface area (Å²) in [5.41, 5.74) is 3.52. The van der Waals surface area contributed by atoms with Crippen molar-refractivity contribution in [3.63, 3.8) is 0 Å². The van der Waals surface area contributed by atoms with Crippen molar-refractivity contribution in [2.75, 3.05) is 12.8 Å². The highest BCUT2D eigenvalue weighted by Gasteiger charge is 2.84. The molecule has 4 nitrogen and oxygen atoms in total. The lowest BCUT2D eigenvalue weighted by atomic mass is 9.80. The van der Waals surface area contributed by atoms with Crippen molar-refractivity contribution in [2.45, 2.75) is 56.4 Å². The molecule has 0 radical (unpaired) electrons. The lowest BCUT2D eigenvalue weighted by Gasteiger charge is -2.29. The third-order valence-electron chi connectivity index (χ3n) is 8.15. The number of hydrogen-bond acceptors (Lipinski definition) is 3. The number of likely N-dealkylation sites (N-methyl/N-ethyl adjacent to an activating group) is 1. The molecule has 2 saturated carbocycles. The lowest BCUT2D eigenvalue weighted by molar-refractivity contribution is -0.137. The zero-order valence-corrected chi connectivity index (χ0v) is 19.2. The van der Waals surface area contributed by atoms with E-state index < -0.39 is 21.8 Å². The van der Waals surface area contributed by atoms with Gasteiger partial charge >= 0.3 is 6.18 Å². The van der Waals surface area contributed by atoms with Crippen molar-refractivity contribution in [3.05, 3.63) is 70.3 Å². The van der Waals surface area contributed by atoms with E-state index in [1.807, 2.05) is 6.07 Å². The largest absolute Gasteiger partial charge is 0.416 e. The Labute approximate surface area is 192 Å². The number of nitrogens with one attached hydrogen (secondary N) is 1. The molecule has 4 aliphatic rings. The van der Waals surface area contributed by atoms with E-state index >= 15 is 0 Å². The normalized spacial score (nSPS) is 32.0. The molecular weight excluding hydrogens is 449 g/mol. The minimum absolute atomic E-state index is 0.107. The molecular formula is C25H27F3N2O2S. The van der Waals surface area contributed by atoms with Crippen molar-refractivity contribution in [2.24, 2.45) is 11.3 Å². The van der Waals surface area contributed by atoms with E-state index in [-0.39, 0.29) is 29.5 Å². The van der Waals surface area contributed by atoms with Gasteiger partial charge in [0.1, 0.15) is 0 Å². The fourth-order valence-corrected chi connectivity index (χ4v) is 7.75. The summed E-state index contributed by atoms with van der Waals surface area (Å²) >= 11 is 0. The van der Waals surface area contributed by atoms with Crippen LogP contribution in [0, 0.1) is 11.3 Å². The van der Waals surface area contributed by atoms with Crippen LogP contribution < -0.4 is 4.72 Å². The molecule has 0 amide bonds. The van der Waals surface area contributed by atoms with E-state index in [2.05, 4.69) is 28.8 Å². The predicted molar refractivity (Wildman–Crippen MR) is 119 cm³/mol. The van der Waals surface area contributed by atoms with Gasteiger partial charge in [-0.05, 0) is 72.9 Å². The van der Waals surface area contributed by atoms with Gasteiger partial charge in [-0.15, -0.1) is 0 Å². The number of sulfonamides is 1. The van der Waals surface area contributed by atoms with Crippen LogP contribution in [-0.2, 0) is 35.6 Å². The molecule has 6 rings (SSSR count). The van der Waals surface area contributed by atoms with E-state index in [1.165, 1.54) is 23.3 Å². The molecule has 1 spiro atoms. The Morgan fingerprint density at radius 1 is 1.09 bits per heavy atom. The number of alkyl halides is 3. The SMILES string of the molecule is CN1C2C1C21Cc2ccc(CNS(=O)(=O)CC3CC3)cc2C1Cc1cccc(C(F)(F)F)c1. The quantitative estimate of drug-likeness (QED) is 0.613. The highest BCUT2D eigenvalue weighted by Crippen LogP contribution is 2.76. The average molecular weight is 477 g/mol. The fraction of sp³-hybridized carbons (Fsp3) is 0.520. The van der Waals surface area contributed by atoms with Gasteiger partial charge in [-0.25, -0.2) is 13.1 Å². The highest BCUT2D eigenvalue weighted by molar-refractivity contribution is 7.89. The van der Waals surface area contributed by atoms with E-state index in [0.29, 0.717) is 24.1 Å². The molecule has 3 atom stereocenters. The lowest BCUT2D eigenvalue weighted by Crippen LogP contribution is -2.31. The molecule has 176 valence electrons. The van der Waals surface area contributed by atoms with Crippen LogP contribution in [0.4, 0.5) is 13.2 Å². The summed E-state index contributed by atoms with van der Waals surface area (Å²) in [6, 6.07) is 12.8. The summed E-state index contributed by atoms with van der Waals surface area (Å²) in [4.78, 5) is 2.33. The van der Waals surface area contributed by atoms with Crippen molar-refractivity contribution in [3.8, 4) is 0 Å². The van der Waals surface area contributed by atoms with Gasteiger partial charge in [-0.2, -0.15) is 13.2 Å². The van der Waals surface area contributed by atoms with Gasteiger partial charge in [-0.1, -0.05) is 36.4 Å². The van der Waals surface area contributed by atoms with Crippen LogP contribution >= 0.6 is 0 Å². The molecule has 1 saturated heterocycles. The Kier molecular flexibility index (Phi) is 4.62. The average Bonchev–Trinajstić information content (AvgIpc) is 3.69. The Hall–Kier alpha value is -1.90. The second-order valence-corrected chi connectivity index (χ2v) is 12.2. The van der Waals surface area contributed by atoms with Crippen LogP contribution in [-0.4, -0.2) is 38.2 Å². The molecule has 3 aliphatic carbocycles. The first kappa shape index (κ1) is 21.6. The number of benzene rings is 2. The predicted octanol–water partition coefficient (Wildman–Crippen LogP) is 4.10. The maximum absolute atomic E-state index is 13.3. The Balaban J connectivity index is 1.26. The number of halogens is 3. The molecule has 3 fully saturated rings. The van der Waals surface area contributed by atoms with Gasteiger partial charge in [-0.3, -0.25) is 4.90 Å². The summed E-state index contributed by atoms with van der Waals surface area (Å²) in [6.07, 6.45) is -0.881. The minimum Gasteiger partial charge on any atom is -0.296 e. The second-order valence-electron chi connectivity index (χ2n) is 10.4. The zero-order chi connectivity index (χ0) is 23.2. The van der Waals surface area contributed by atoms with Crippen molar-refractivity contribution in [1.29, 1.82) is 0 Å². The van der Waals surface area contributed by atoms with E-state index in [4.69, 9.17) is 0 Å². The zero-order valence-electron chi connectivity index (χ0n) is 18.4. The summed E-state index contributed by atoms with van der Waals surface area (Å²) < 4.78 is 67.1. The summed E-state index contributed by atoms with van der Waals surface area (Å²) in [5, 5.41) is 0. The molecule has 2 aromatic rings. The third kappa shape index (κ3) is 3.70. The van der Waals surface area contributed by atoms with Crippen LogP contribution in [0.2, 0.25) is 0 Å². The van der Waals surface area contributed by atoms with Gasteiger partial charge in [0, 0.05) is 24.0 Å². The first-order chi connectivity index (χ1) is 15.6. The third-order valence-corrected chi connectivity index (χ3v) is 9.65. The van der Waals surface area contributed by atoms with Gasteiger partial charge in [0.05, 0.1) is 11.3 Å². The molecule has 0 bridgehead atoms.